The fourth-order valence-electron chi connectivity index (χ4n) is 2.98. The Morgan fingerprint density at radius 3 is 3.00 bits per heavy atom. The Kier molecular flexibility index (Phi) is 5.32. The van der Waals surface area contributed by atoms with Crippen molar-refractivity contribution in [3.05, 3.63) is 42.9 Å². The van der Waals surface area contributed by atoms with Crippen LogP contribution < -0.4 is 10.2 Å². The molecule has 2 aromatic heterocycles. The van der Waals surface area contributed by atoms with Crippen molar-refractivity contribution >= 4 is 17.4 Å². The maximum Gasteiger partial charge on any atom is 0.238 e. The molecule has 7 heteroatoms. The first-order valence-corrected chi connectivity index (χ1v) is 8.15. The summed E-state index contributed by atoms with van der Waals surface area (Å²) in [7, 11) is 1.99. The summed E-state index contributed by atoms with van der Waals surface area (Å²) in [6, 6.07) is 7.84. The van der Waals surface area contributed by atoms with E-state index >= 15 is 0 Å². The third kappa shape index (κ3) is 4.26. The monoisotopic (exact) mass is 326 g/mol. The number of aromatic nitrogens is 3. The predicted octanol–water partition coefficient (Wildman–Crippen LogP) is 1.41. The van der Waals surface area contributed by atoms with Crippen LogP contribution in [0.3, 0.4) is 0 Å². The summed E-state index contributed by atoms with van der Waals surface area (Å²) in [5.74, 6) is 0.873. The highest BCUT2D eigenvalue weighted by atomic mass is 16.2. The number of piperidine rings is 1. The third-order valence-corrected chi connectivity index (χ3v) is 4.24. The molecule has 0 radical (unpaired) electrons. The summed E-state index contributed by atoms with van der Waals surface area (Å²) >= 11 is 0. The normalized spacial score (nSPS) is 17.8. The molecule has 0 unspecified atom stereocenters. The van der Waals surface area contributed by atoms with E-state index in [2.05, 4.69) is 30.3 Å². The smallest absolute Gasteiger partial charge is 0.238 e. The predicted molar refractivity (Wildman–Crippen MR) is 92.8 cm³/mol. The van der Waals surface area contributed by atoms with Crippen molar-refractivity contribution in [1.29, 1.82) is 0 Å². The minimum atomic E-state index is -0.0258. The lowest BCUT2D eigenvalue weighted by atomic mass is 10.0. The molecular weight excluding hydrogens is 304 g/mol. The zero-order chi connectivity index (χ0) is 16.8. The number of hydrogen-bond donors (Lipinski definition) is 1. The molecule has 1 amide bonds. The Hall–Kier alpha value is -2.54. The van der Waals surface area contributed by atoms with Crippen molar-refractivity contribution in [2.24, 2.45) is 0 Å². The summed E-state index contributed by atoms with van der Waals surface area (Å²) in [6.07, 6.45) is 7.17. The lowest BCUT2D eigenvalue weighted by molar-refractivity contribution is -0.117. The standard InChI is InChI=1S/C17H22N6O/c1-22(13-17(24)20-14-5-2-8-18-11-14)15-6-4-10-23(12-15)16-7-3-9-19-21-16/h2-3,5,7-9,11,15H,4,6,10,12-13H2,1H3,(H,20,24)/t15-/m1/s1. The second kappa shape index (κ2) is 7.83. The van der Waals surface area contributed by atoms with Gasteiger partial charge < -0.3 is 10.2 Å². The van der Waals surface area contributed by atoms with Gasteiger partial charge in [0.05, 0.1) is 18.4 Å². The number of hydrogen-bond acceptors (Lipinski definition) is 6. The van der Waals surface area contributed by atoms with Crippen LogP contribution in [0.2, 0.25) is 0 Å². The molecule has 24 heavy (non-hydrogen) atoms. The van der Waals surface area contributed by atoms with Gasteiger partial charge in [0.25, 0.3) is 0 Å². The van der Waals surface area contributed by atoms with Crippen molar-refractivity contribution in [1.82, 2.24) is 20.1 Å². The second-order valence-electron chi connectivity index (χ2n) is 6.03. The molecule has 3 rings (SSSR count). The number of nitrogens with zero attached hydrogens (tertiary/aromatic N) is 5. The average molecular weight is 326 g/mol. The number of rotatable bonds is 5. The fraction of sp³-hybridized carbons (Fsp3) is 0.412. The van der Waals surface area contributed by atoms with E-state index in [1.165, 1.54) is 0 Å². The van der Waals surface area contributed by atoms with Gasteiger partial charge in [0, 0.05) is 31.5 Å². The highest BCUT2D eigenvalue weighted by Crippen LogP contribution is 2.19. The first-order chi connectivity index (χ1) is 11.7. The molecule has 3 heterocycles. The van der Waals surface area contributed by atoms with Gasteiger partial charge in [-0.3, -0.25) is 14.7 Å². The Morgan fingerprint density at radius 2 is 2.25 bits per heavy atom. The zero-order valence-electron chi connectivity index (χ0n) is 13.8. The molecule has 1 atom stereocenters. The van der Waals surface area contributed by atoms with Crippen LogP contribution in [0, 0.1) is 0 Å². The summed E-state index contributed by atoms with van der Waals surface area (Å²) in [4.78, 5) is 20.5. The molecule has 0 aromatic carbocycles. The van der Waals surface area contributed by atoms with Gasteiger partial charge in [-0.2, -0.15) is 5.10 Å². The van der Waals surface area contributed by atoms with Gasteiger partial charge in [-0.25, -0.2) is 0 Å². The van der Waals surface area contributed by atoms with Gasteiger partial charge in [-0.15, -0.1) is 5.10 Å². The van der Waals surface area contributed by atoms with Gasteiger partial charge in [0.2, 0.25) is 5.91 Å². The van der Waals surface area contributed by atoms with E-state index in [4.69, 9.17) is 0 Å². The minimum Gasteiger partial charge on any atom is -0.354 e. The van der Waals surface area contributed by atoms with Crippen LogP contribution in [0.5, 0.6) is 0 Å². The van der Waals surface area contributed by atoms with Gasteiger partial charge in [0.1, 0.15) is 0 Å². The SMILES string of the molecule is CN(CC(=O)Nc1cccnc1)[C@@H]1CCCN(c2cccnn2)C1. The molecule has 1 aliphatic heterocycles. The summed E-state index contributed by atoms with van der Waals surface area (Å²) in [5.41, 5.74) is 0.723. The van der Waals surface area contributed by atoms with Crippen LogP contribution in [0.25, 0.3) is 0 Å². The molecule has 0 bridgehead atoms. The molecule has 1 aliphatic rings. The van der Waals surface area contributed by atoms with E-state index in [1.807, 2.05) is 25.2 Å². The summed E-state index contributed by atoms with van der Waals surface area (Å²) in [5, 5.41) is 11.0. The molecule has 126 valence electrons. The number of carbonyl (C=O) groups excluding carboxylic acids is 1. The molecular formula is C17H22N6O. The molecule has 0 saturated carbocycles. The Bertz CT molecular complexity index is 651. The van der Waals surface area contributed by atoms with Crippen LogP contribution in [0.15, 0.2) is 42.9 Å². The zero-order valence-corrected chi connectivity index (χ0v) is 13.8. The highest BCUT2D eigenvalue weighted by Gasteiger charge is 2.25. The van der Waals surface area contributed by atoms with Crippen molar-refractivity contribution in [3.8, 4) is 0 Å². The minimum absolute atomic E-state index is 0.0258. The molecule has 1 N–H and O–H groups in total. The van der Waals surface area contributed by atoms with E-state index in [1.54, 1.807) is 24.7 Å². The van der Waals surface area contributed by atoms with Crippen LogP contribution in [-0.4, -0.2) is 58.7 Å². The van der Waals surface area contributed by atoms with E-state index < -0.39 is 0 Å². The second-order valence-corrected chi connectivity index (χ2v) is 6.03. The first-order valence-electron chi connectivity index (χ1n) is 8.15. The fourth-order valence-corrected chi connectivity index (χ4v) is 2.98. The Morgan fingerprint density at radius 1 is 1.38 bits per heavy atom. The number of pyridine rings is 1. The van der Waals surface area contributed by atoms with E-state index in [0.717, 1.165) is 37.4 Å². The quantitative estimate of drug-likeness (QED) is 0.895. The number of nitrogens with one attached hydrogen (secondary N) is 1. The van der Waals surface area contributed by atoms with Crippen molar-refractivity contribution in [3.63, 3.8) is 0 Å². The molecule has 1 saturated heterocycles. The van der Waals surface area contributed by atoms with Gasteiger partial charge in [-0.1, -0.05) is 0 Å². The van der Waals surface area contributed by atoms with Crippen molar-refractivity contribution in [2.45, 2.75) is 18.9 Å². The van der Waals surface area contributed by atoms with Gasteiger partial charge >= 0.3 is 0 Å². The maximum absolute atomic E-state index is 12.2. The maximum atomic E-state index is 12.2. The third-order valence-electron chi connectivity index (χ3n) is 4.24. The van der Waals surface area contributed by atoms with Crippen molar-refractivity contribution < 1.29 is 4.79 Å². The molecule has 2 aromatic rings. The van der Waals surface area contributed by atoms with E-state index in [0.29, 0.717) is 12.6 Å². The Balaban J connectivity index is 1.54. The molecule has 1 fully saturated rings. The van der Waals surface area contributed by atoms with Crippen LogP contribution in [0.1, 0.15) is 12.8 Å². The summed E-state index contributed by atoms with van der Waals surface area (Å²) in [6.45, 7) is 2.19. The number of likely N-dealkylation sites (N-methyl/N-ethyl adjacent to an activating group) is 1. The van der Waals surface area contributed by atoms with E-state index in [9.17, 15) is 4.79 Å². The highest BCUT2D eigenvalue weighted by molar-refractivity contribution is 5.92. The van der Waals surface area contributed by atoms with E-state index in [-0.39, 0.29) is 5.91 Å². The van der Waals surface area contributed by atoms with Crippen LogP contribution in [-0.2, 0) is 4.79 Å². The molecule has 7 nitrogen and oxygen atoms in total. The largest absolute Gasteiger partial charge is 0.354 e. The first kappa shape index (κ1) is 16.3. The lowest BCUT2D eigenvalue weighted by Gasteiger charge is -2.37. The van der Waals surface area contributed by atoms with Crippen LogP contribution >= 0.6 is 0 Å². The average Bonchev–Trinajstić information content (AvgIpc) is 2.63. The Labute approximate surface area is 141 Å². The van der Waals surface area contributed by atoms with Gasteiger partial charge in [0.15, 0.2) is 5.82 Å². The number of anilines is 2. The summed E-state index contributed by atoms with van der Waals surface area (Å²) < 4.78 is 0. The van der Waals surface area contributed by atoms with Gasteiger partial charge in [-0.05, 0) is 44.2 Å². The van der Waals surface area contributed by atoms with Crippen molar-refractivity contribution in [2.75, 3.05) is 36.9 Å². The number of carbonyl (C=O) groups is 1. The topological polar surface area (TPSA) is 74.2 Å². The lowest BCUT2D eigenvalue weighted by Crippen LogP contribution is -2.48. The number of amides is 1. The van der Waals surface area contributed by atoms with Crippen LogP contribution in [0.4, 0.5) is 11.5 Å². The molecule has 0 aliphatic carbocycles. The molecule has 0 spiro atoms.